The van der Waals surface area contributed by atoms with Gasteiger partial charge in [-0.15, -0.1) is 0 Å². The molecule has 0 amide bonds. The topological polar surface area (TPSA) is 113 Å². The van der Waals surface area contributed by atoms with Crippen molar-refractivity contribution in [3.63, 3.8) is 0 Å². The second kappa shape index (κ2) is 29.8. The molecule has 0 radical (unpaired) electrons. The number of unbranched alkanes of at least 4 members (excludes halogenated alkanes) is 7. The van der Waals surface area contributed by atoms with Gasteiger partial charge in [-0.25, -0.2) is 0 Å². The lowest BCUT2D eigenvalue weighted by Crippen LogP contribution is -2.28. The van der Waals surface area contributed by atoms with Crippen molar-refractivity contribution in [2.75, 3.05) is 13.2 Å². The van der Waals surface area contributed by atoms with Crippen LogP contribution >= 0.6 is 0 Å². The fourth-order valence-electron chi connectivity index (χ4n) is 4.33. The zero-order valence-corrected chi connectivity index (χ0v) is 27.3. The van der Waals surface area contributed by atoms with Gasteiger partial charge in [0.2, 0.25) is 0 Å². The Morgan fingerprint density at radius 1 is 0.698 bits per heavy atom. The Bertz CT molecular complexity index is 786. The lowest BCUT2D eigenvalue weighted by Gasteiger charge is -2.16. The first-order chi connectivity index (χ1) is 20.8. The number of hydrogen-bond acceptors (Lipinski definition) is 7. The summed E-state index contributed by atoms with van der Waals surface area (Å²) >= 11 is 0. The largest absolute Gasteiger partial charge is 0.462 e. The molecule has 0 spiro atoms. The van der Waals surface area contributed by atoms with E-state index < -0.39 is 24.8 Å². The van der Waals surface area contributed by atoms with E-state index in [2.05, 4.69) is 20.8 Å². The molecule has 0 aliphatic heterocycles. The molecule has 1 unspecified atom stereocenters. The summed E-state index contributed by atoms with van der Waals surface area (Å²) in [4.78, 5) is 24.1. The molecule has 7 heteroatoms. The van der Waals surface area contributed by atoms with Crippen LogP contribution in [0.4, 0.5) is 0 Å². The van der Waals surface area contributed by atoms with Gasteiger partial charge in [0.25, 0.3) is 0 Å². The number of allylic oxidation sites excluding steroid dienone is 6. The van der Waals surface area contributed by atoms with Gasteiger partial charge in [0.1, 0.15) is 6.61 Å². The smallest absolute Gasteiger partial charge is 0.306 e. The van der Waals surface area contributed by atoms with Crippen LogP contribution in [0.25, 0.3) is 0 Å². The SMILES string of the molecule is CCCCC[C@@H](O)/C=C/C=C\C/C=C\C=C\[C@@H](O)CCCC(=O)O[C@@H](CO)COC(=O)CCCCCCCCC(C)CC. The average Bonchev–Trinajstić information content (AvgIpc) is 2.99. The zero-order valence-electron chi connectivity index (χ0n) is 27.3. The number of ether oxygens (including phenoxy) is 2. The molecule has 0 aliphatic carbocycles. The second-order valence-electron chi connectivity index (χ2n) is 11.5. The highest BCUT2D eigenvalue weighted by atomic mass is 16.6. The molecule has 248 valence electrons. The number of aliphatic hydroxyl groups excluding tert-OH is 3. The Balaban J connectivity index is 3.93. The van der Waals surface area contributed by atoms with Crippen LogP contribution in [0.3, 0.4) is 0 Å². The summed E-state index contributed by atoms with van der Waals surface area (Å²) in [6, 6.07) is 0. The van der Waals surface area contributed by atoms with Gasteiger partial charge in [-0.2, -0.15) is 0 Å². The molecule has 0 rings (SSSR count). The van der Waals surface area contributed by atoms with Crippen molar-refractivity contribution >= 4 is 11.9 Å². The molecule has 0 aliphatic rings. The number of aliphatic hydroxyl groups is 3. The molecule has 0 bridgehead atoms. The lowest BCUT2D eigenvalue weighted by atomic mass is 10.00. The van der Waals surface area contributed by atoms with Gasteiger partial charge >= 0.3 is 11.9 Å². The first-order valence-corrected chi connectivity index (χ1v) is 16.8. The van der Waals surface area contributed by atoms with Gasteiger partial charge in [-0.1, -0.05) is 134 Å². The minimum atomic E-state index is -0.877. The summed E-state index contributed by atoms with van der Waals surface area (Å²) in [6.45, 7) is 6.10. The lowest BCUT2D eigenvalue weighted by molar-refractivity contribution is -0.161. The predicted octanol–water partition coefficient (Wildman–Crippen LogP) is 7.69. The van der Waals surface area contributed by atoms with E-state index in [-0.39, 0.29) is 25.1 Å². The summed E-state index contributed by atoms with van der Waals surface area (Å²) in [5, 5.41) is 29.4. The molecular formula is C36H62O7. The molecule has 0 aromatic carbocycles. The van der Waals surface area contributed by atoms with Crippen LogP contribution in [0.2, 0.25) is 0 Å². The van der Waals surface area contributed by atoms with Crippen LogP contribution in [0.15, 0.2) is 48.6 Å². The van der Waals surface area contributed by atoms with Crippen LogP contribution < -0.4 is 0 Å². The summed E-state index contributed by atoms with van der Waals surface area (Å²) < 4.78 is 10.4. The third kappa shape index (κ3) is 28.3. The van der Waals surface area contributed by atoms with Gasteiger partial charge < -0.3 is 24.8 Å². The number of rotatable bonds is 28. The van der Waals surface area contributed by atoms with Crippen molar-refractivity contribution in [1.29, 1.82) is 0 Å². The first-order valence-electron chi connectivity index (χ1n) is 16.8. The Morgan fingerprint density at radius 3 is 1.86 bits per heavy atom. The Labute approximate surface area is 262 Å². The van der Waals surface area contributed by atoms with Gasteiger partial charge in [0.15, 0.2) is 6.10 Å². The molecule has 4 atom stereocenters. The molecule has 7 nitrogen and oxygen atoms in total. The zero-order chi connectivity index (χ0) is 32.0. The molecule has 0 aromatic heterocycles. The summed E-state index contributed by atoms with van der Waals surface area (Å²) in [7, 11) is 0. The standard InChI is InChI=1S/C36H62O7/c1-4-6-16-23-32(38)24-18-13-8-7-9-14-19-25-33(39)26-21-28-36(41)43-34(29-37)30-42-35(40)27-20-15-11-10-12-17-22-31(3)5-2/h8-9,13-14,18-19,24-25,31-34,37-39H,4-7,10-12,15-17,20-23,26-30H2,1-3H3/b13-8-,14-9-,24-18+,25-19+/t31?,32-,33-,34+/m1/s1. The van der Waals surface area contributed by atoms with Gasteiger partial charge in [-0.3, -0.25) is 9.59 Å². The maximum Gasteiger partial charge on any atom is 0.306 e. The van der Waals surface area contributed by atoms with E-state index in [0.717, 1.165) is 57.3 Å². The average molecular weight is 607 g/mol. The Morgan fingerprint density at radius 2 is 1.26 bits per heavy atom. The highest BCUT2D eigenvalue weighted by molar-refractivity contribution is 5.70. The van der Waals surface area contributed by atoms with Gasteiger partial charge in [0.05, 0.1) is 18.8 Å². The quantitative estimate of drug-likeness (QED) is 0.0475. The van der Waals surface area contributed by atoms with Crippen molar-refractivity contribution in [2.24, 2.45) is 5.92 Å². The maximum absolute atomic E-state index is 12.1. The van der Waals surface area contributed by atoms with Crippen molar-refractivity contribution in [3.8, 4) is 0 Å². The monoisotopic (exact) mass is 606 g/mol. The van der Waals surface area contributed by atoms with E-state index in [9.17, 15) is 24.9 Å². The van der Waals surface area contributed by atoms with Crippen molar-refractivity contribution < 1.29 is 34.4 Å². The molecule has 0 saturated heterocycles. The van der Waals surface area contributed by atoms with E-state index in [1.165, 1.54) is 32.1 Å². The van der Waals surface area contributed by atoms with E-state index in [4.69, 9.17) is 9.47 Å². The third-order valence-corrected chi connectivity index (χ3v) is 7.37. The minimum absolute atomic E-state index is 0.105. The van der Waals surface area contributed by atoms with Crippen LogP contribution in [0.1, 0.15) is 130 Å². The normalized spacial score (nSPS) is 15.0. The van der Waals surface area contributed by atoms with Crippen LogP contribution in [0.5, 0.6) is 0 Å². The molecule has 0 saturated carbocycles. The third-order valence-electron chi connectivity index (χ3n) is 7.37. The first kappa shape index (κ1) is 40.8. The Kier molecular flexibility index (Phi) is 28.3. The number of esters is 2. The molecular weight excluding hydrogens is 544 g/mol. The molecule has 43 heavy (non-hydrogen) atoms. The number of hydrogen-bond donors (Lipinski definition) is 3. The van der Waals surface area contributed by atoms with Crippen LogP contribution in [0, 0.1) is 5.92 Å². The van der Waals surface area contributed by atoms with Crippen molar-refractivity contribution in [1.82, 2.24) is 0 Å². The molecule has 3 N–H and O–H groups in total. The fourth-order valence-corrected chi connectivity index (χ4v) is 4.33. The van der Waals surface area contributed by atoms with E-state index in [1.807, 2.05) is 30.4 Å². The number of carbonyl (C=O) groups is 2. The van der Waals surface area contributed by atoms with E-state index in [1.54, 1.807) is 18.2 Å². The van der Waals surface area contributed by atoms with Crippen molar-refractivity contribution in [3.05, 3.63) is 48.6 Å². The summed E-state index contributed by atoms with van der Waals surface area (Å²) in [5.74, 6) is -0.0231. The van der Waals surface area contributed by atoms with Crippen LogP contribution in [-0.4, -0.2) is 58.8 Å². The van der Waals surface area contributed by atoms with Gasteiger partial charge in [-0.05, 0) is 38.0 Å². The molecule has 0 heterocycles. The summed E-state index contributed by atoms with van der Waals surface area (Å²) in [5.41, 5.74) is 0. The Hall–Kier alpha value is -2.22. The van der Waals surface area contributed by atoms with Crippen LogP contribution in [-0.2, 0) is 19.1 Å². The van der Waals surface area contributed by atoms with E-state index >= 15 is 0 Å². The molecule has 0 aromatic rings. The second-order valence-corrected chi connectivity index (χ2v) is 11.5. The molecule has 0 fully saturated rings. The van der Waals surface area contributed by atoms with Gasteiger partial charge in [0, 0.05) is 12.8 Å². The fraction of sp³-hybridized carbons (Fsp3) is 0.722. The van der Waals surface area contributed by atoms with Crippen molar-refractivity contribution in [2.45, 2.75) is 148 Å². The highest BCUT2D eigenvalue weighted by Crippen LogP contribution is 2.15. The summed E-state index contributed by atoms with van der Waals surface area (Å²) in [6.07, 6.45) is 28.2. The van der Waals surface area contributed by atoms with E-state index in [0.29, 0.717) is 19.3 Å². The highest BCUT2D eigenvalue weighted by Gasteiger charge is 2.16. The predicted molar refractivity (Wildman–Crippen MR) is 175 cm³/mol. The maximum atomic E-state index is 12.1. The minimum Gasteiger partial charge on any atom is -0.462 e. The number of carbonyl (C=O) groups excluding carboxylic acids is 2.